The first-order valence-electron chi connectivity index (χ1n) is 25.1. The van der Waals surface area contributed by atoms with Gasteiger partial charge in [-0.1, -0.05) is 146 Å². The summed E-state index contributed by atoms with van der Waals surface area (Å²) in [6.45, 7) is 0. The van der Waals surface area contributed by atoms with Gasteiger partial charge in [-0.15, -0.1) is 0 Å². The summed E-state index contributed by atoms with van der Waals surface area (Å²) in [4.78, 5) is 2.13. The van der Waals surface area contributed by atoms with E-state index in [9.17, 15) is 13.2 Å². The summed E-state index contributed by atoms with van der Waals surface area (Å²) in [5.74, 6) is 0. The molecule has 15 aromatic rings. The molecule has 356 valence electrons. The van der Waals surface area contributed by atoms with Crippen LogP contribution < -0.4 is 4.90 Å². The Labute approximate surface area is 428 Å². The average molecular weight is 974 g/mol. The molecule has 5 nitrogen and oxygen atoms in total. The second kappa shape index (κ2) is 16.4. The molecule has 0 radical (unpaired) electrons. The van der Waals surface area contributed by atoms with Crippen molar-refractivity contribution < 1.29 is 13.2 Å². The van der Waals surface area contributed by atoms with Crippen LogP contribution in [0.2, 0.25) is 0 Å². The molecule has 0 fully saturated rings. The van der Waals surface area contributed by atoms with Crippen molar-refractivity contribution in [2.45, 2.75) is 6.18 Å². The van der Waals surface area contributed by atoms with Gasteiger partial charge < -0.3 is 23.2 Å². The monoisotopic (exact) mass is 973 g/mol. The van der Waals surface area contributed by atoms with Crippen LogP contribution >= 0.6 is 0 Å². The van der Waals surface area contributed by atoms with E-state index in [0.29, 0.717) is 5.69 Å². The van der Waals surface area contributed by atoms with Crippen molar-refractivity contribution >= 4 is 104 Å². The summed E-state index contributed by atoms with van der Waals surface area (Å²) in [7, 11) is 0. The third kappa shape index (κ3) is 6.59. The lowest BCUT2D eigenvalue weighted by Gasteiger charge is -2.29. The number of nitrogens with zero attached hydrogens (tertiary/aromatic N) is 5. The zero-order valence-corrected chi connectivity index (χ0v) is 40.1. The first kappa shape index (κ1) is 42.9. The summed E-state index contributed by atoms with van der Waals surface area (Å²) in [5.41, 5.74) is 13.2. The predicted molar refractivity (Wildman–Crippen MR) is 303 cm³/mol. The van der Waals surface area contributed by atoms with E-state index in [0.717, 1.165) is 121 Å². The molecule has 0 saturated carbocycles. The van der Waals surface area contributed by atoms with Crippen molar-refractivity contribution in [3.8, 4) is 22.7 Å². The molecule has 15 rings (SSSR count). The zero-order valence-electron chi connectivity index (χ0n) is 40.1. The maximum atomic E-state index is 14.6. The number of hydrogen-bond acceptors (Lipinski definition) is 1. The summed E-state index contributed by atoms with van der Waals surface area (Å²) in [6.07, 6.45) is -4.54. The Morgan fingerprint density at radius 2 is 0.453 bits per heavy atom. The highest BCUT2D eigenvalue weighted by atomic mass is 19.4. The quantitative estimate of drug-likeness (QED) is 0.156. The average Bonchev–Trinajstić information content (AvgIpc) is 4.19. The van der Waals surface area contributed by atoms with Gasteiger partial charge in [0.25, 0.3) is 0 Å². The van der Waals surface area contributed by atoms with Crippen LogP contribution in [-0.2, 0) is 6.18 Å². The van der Waals surface area contributed by atoms with Gasteiger partial charge in [0.2, 0.25) is 0 Å². The number of rotatable bonds is 7. The van der Waals surface area contributed by atoms with Crippen molar-refractivity contribution in [3.63, 3.8) is 0 Å². The van der Waals surface area contributed by atoms with Crippen LogP contribution in [0.1, 0.15) is 5.56 Å². The minimum atomic E-state index is -4.54. The Balaban J connectivity index is 1.09. The van der Waals surface area contributed by atoms with Crippen LogP contribution in [0.5, 0.6) is 0 Å². The van der Waals surface area contributed by atoms with Gasteiger partial charge in [0.15, 0.2) is 0 Å². The standard InChI is InChI=1S/C67H42F3N5/c68-67(69,70)43-33-35-44(36-34-43)71(45-37-47(72-59-25-9-1-17-51(59)52-18-2-10-26-60(52)72)41-48(38-45)73-61-27-11-3-19-53(61)54-20-4-12-28-62(54)73)46-39-49(74-63-29-13-5-21-55(63)56-22-6-14-30-64(56)74)42-50(40-46)75-65-31-15-7-23-57(65)58-24-8-16-32-66(58)75/h1-42H. The minimum absolute atomic E-state index is 0.558. The number of para-hydroxylation sites is 8. The van der Waals surface area contributed by atoms with Gasteiger partial charge in [-0.25, -0.2) is 0 Å². The normalized spacial score (nSPS) is 12.2. The topological polar surface area (TPSA) is 23.0 Å². The number of hydrogen-bond donors (Lipinski definition) is 0. The zero-order chi connectivity index (χ0) is 49.9. The van der Waals surface area contributed by atoms with E-state index >= 15 is 0 Å². The third-order valence-corrected chi connectivity index (χ3v) is 15.1. The molecule has 8 heteroatoms. The first-order chi connectivity index (χ1) is 36.9. The first-order valence-corrected chi connectivity index (χ1v) is 25.1. The van der Waals surface area contributed by atoms with Gasteiger partial charge in [0, 0.05) is 48.8 Å². The van der Waals surface area contributed by atoms with Crippen LogP contribution in [0.15, 0.2) is 255 Å². The van der Waals surface area contributed by atoms with E-state index in [1.165, 1.54) is 12.1 Å². The highest BCUT2D eigenvalue weighted by Crippen LogP contribution is 2.45. The molecule has 4 heterocycles. The van der Waals surface area contributed by atoms with Gasteiger partial charge in [-0.05, 0) is 109 Å². The molecule has 0 aliphatic rings. The lowest BCUT2D eigenvalue weighted by Crippen LogP contribution is -2.14. The molecule has 0 amide bonds. The van der Waals surface area contributed by atoms with Crippen molar-refractivity contribution in [1.29, 1.82) is 0 Å². The Bertz CT molecular complexity index is 4030. The maximum Gasteiger partial charge on any atom is 0.416 e. The molecule has 0 aliphatic carbocycles. The molecular weight excluding hydrogens is 932 g/mol. The number of fused-ring (bicyclic) bond motifs is 12. The Morgan fingerprint density at radius 3 is 0.667 bits per heavy atom. The molecule has 11 aromatic carbocycles. The molecule has 0 N–H and O–H groups in total. The number of aromatic nitrogens is 4. The van der Waals surface area contributed by atoms with Gasteiger partial charge in [0.05, 0.1) is 83.8 Å². The lowest BCUT2D eigenvalue weighted by molar-refractivity contribution is -0.137. The van der Waals surface area contributed by atoms with Crippen LogP contribution in [0, 0.1) is 0 Å². The Morgan fingerprint density at radius 1 is 0.240 bits per heavy atom. The van der Waals surface area contributed by atoms with Crippen LogP contribution in [-0.4, -0.2) is 18.3 Å². The summed E-state index contributed by atoms with van der Waals surface area (Å²) in [6, 6.07) is 86.5. The van der Waals surface area contributed by atoms with E-state index in [2.05, 4.69) is 254 Å². The second-order valence-electron chi connectivity index (χ2n) is 19.3. The second-order valence-corrected chi connectivity index (χ2v) is 19.3. The van der Waals surface area contributed by atoms with Crippen LogP contribution in [0.3, 0.4) is 0 Å². The van der Waals surface area contributed by atoms with E-state index < -0.39 is 11.7 Å². The summed E-state index contributed by atoms with van der Waals surface area (Å²) in [5, 5.41) is 8.93. The van der Waals surface area contributed by atoms with Gasteiger partial charge >= 0.3 is 6.18 Å². The Hall–Kier alpha value is -9.79. The maximum absolute atomic E-state index is 14.6. The van der Waals surface area contributed by atoms with Gasteiger partial charge in [0.1, 0.15) is 0 Å². The smallest absolute Gasteiger partial charge is 0.310 e. The van der Waals surface area contributed by atoms with Gasteiger partial charge in [-0.2, -0.15) is 13.2 Å². The minimum Gasteiger partial charge on any atom is -0.310 e. The van der Waals surface area contributed by atoms with Gasteiger partial charge in [-0.3, -0.25) is 0 Å². The highest BCUT2D eigenvalue weighted by Gasteiger charge is 2.31. The fourth-order valence-electron chi connectivity index (χ4n) is 12.0. The molecule has 0 saturated heterocycles. The number of benzene rings is 11. The van der Waals surface area contributed by atoms with E-state index in [-0.39, 0.29) is 0 Å². The van der Waals surface area contributed by atoms with Crippen molar-refractivity contribution in [2.75, 3.05) is 4.90 Å². The molecule has 4 aromatic heterocycles. The molecule has 0 bridgehead atoms. The largest absolute Gasteiger partial charge is 0.416 e. The number of alkyl halides is 3. The Kier molecular flexibility index (Phi) is 9.35. The van der Waals surface area contributed by atoms with Crippen molar-refractivity contribution in [2.24, 2.45) is 0 Å². The van der Waals surface area contributed by atoms with E-state index in [1.54, 1.807) is 12.1 Å². The fourth-order valence-corrected chi connectivity index (χ4v) is 12.0. The third-order valence-electron chi connectivity index (χ3n) is 15.1. The molecule has 0 atom stereocenters. The van der Waals surface area contributed by atoms with Crippen LogP contribution in [0.4, 0.5) is 30.2 Å². The SMILES string of the molecule is FC(F)(F)c1ccc(N(c2cc(-n3c4ccccc4c4ccccc43)cc(-n3c4ccccc4c4ccccc43)c2)c2cc(-n3c4ccccc4c4ccccc43)cc(-n3c4ccccc4c4ccccc43)c2)cc1. The van der Waals surface area contributed by atoms with Crippen molar-refractivity contribution in [3.05, 3.63) is 260 Å². The highest BCUT2D eigenvalue weighted by molar-refractivity contribution is 6.13. The number of halogens is 3. The van der Waals surface area contributed by atoms with Crippen LogP contribution in [0.25, 0.3) is 110 Å². The van der Waals surface area contributed by atoms with E-state index in [4.69, 9.17) is 0 Å². The molecule has 0 unspecified atom stereocenters. The predicted octanol–water partition coefficient (Wildman–Crippen LogP) is 18.6. The molecule has 0 spiro atoms. The molecular formula is C67H42F3N5. The molecule has 0 aliphatic heterocycles. The summed E-state index contributed by atoms with van der Waals surface area (Å²) >= 11 is 0. The summed E-state index contributed by atoms with van der Waals surface area (Å²) < 4.78 is 53.1. The lowest BCUT2D eigenvalue weighted by atomic mass is 10.1. The number of anilines is 3. The van der Waals surface area contributed by atoms with E-state index in [1.807, 2.05) is 0 Å². The molecule has 75 heavy (non-hydrogen) atoms. The van der Waals surface area contributed by atoms with Crippen molar-refractivity contribution in [1.82, 2.24) is 18.3 Å². The fraction of sp³-hybridized carbons (Fsp3) is 0.0149.